The lowest BCUT2D eigenvalue weighted by molar-refractivity contribution is 0.368. The first-order valence-corrected chi connectivity index (χ1v) is 3.95. The van der Waals surface area contributed by atoms with E-state index in [0.717, 1.165) is 6.07 Å². The van der Waals surface area contributed by atoms with E-state index in [0.29, 0.717) is 11.3 Å². The molecule has 0 amide bonds. The van der Waals surface area contributed by atoms with Crippen molar-refractivity contribution in [3.8, 4) is 5.75 Å². The van der Waals surface area contributed by atoms with Gasteiger partial charge in [-0.1, -0.05) is 6.07 Å². The summed E-state index contributed by atoms with van der Waals surface area (Å²) >= 11 is 3.95. The molecule has 0 radical (unpaired) electrons. The van der Waals surface area contributed by atoms with Crippen molar-refractivity contribution < 1.29 is 13.5 Å². The fourth-order valence-electron chi connectivity index (χ4n) is 0.917. The molecular weight excluding hydrogens is 182 g/mol. The molecule has 0 aliphatic heterocycles. The highest BCUT2D eigenvalue weighted by molar-refractivity contribution is 7.79. The zero-order valence-electron chi connectivity index (χ0n) is 6.47. The van der Waals surface area contributed by atoms with E-state index >= 15 is 0 Å². The van der Waals surface area contributed by atoms with E-state index in [1.54, 1.807) is 0 Å². The van der Waals surface area contributed by atoms with Crippen LogP contribution in [0.1, 0.15) is 5.56 Å². The van der Waals surface area contributed by atoms with E-state index in [2.05, 4.69) is 17.4 Å². The Hall–Kier alpha value is -0.770. The average Bonchev–Trinajstić information content (AvgIpc) is 2.09. The van der Waals surface area contributed by atoms with E-state index in [1.807, 2.05) is 0 Å². The predicted molar refractivity (Wildman–Crippen MR) is 45.6 cm³/mol. The van der Waals surface area contributed by atoms with Gasteiger partial charge in [0.15, 0.2) is 11.6 Å². The molecule has 4 heteroatoms. The van der Waals surface area contributed by atoms with Crippen LogP contribution in [-0.2, 0) is 5.75 Å². The maximum atomic E-state index is 12.9. The van der Waals surface area contributed by atoms with Crippen LogP contribution < -0.4 is 4.74 Å². The van der Waals surface area contributed by atoms with Crippen molar-refractivity contribution in [1.29, 1.82) is 0 Å². The summed E-state index contributed by atoms with van der Waals surface area (Å²) < 4.78 is 30.2. The average molecular weight is 190 g/mol. The molecule has 0 fully saturated rings. The summed E-state index contributed by atoms with van der Waals surface area (Å²) in [4.78, 5) is 0. The molecule has 1 aromatic rings. The number of hydrogen-bond acceptors (Lipinski definition) is 2. The van der Waals surface area contributed by atoms with E-state index < -0.39 is 11.6 Å². The molecular formula is C8H8F2OS. The van der Waals surface area contributed by atoms with Crippen molar-refractivity contribution in [2.75, 3.05) is 7.11 Å². The van der Waals surface area contributed by atoms with E-state index in [9.17, 15) is 8.78 Å². The highest BCUT2D eigenvalue weighted by Gasteiger charge is 2.12. The van der Waals surface area contributed by atoms with Crippen molar-refractivity contribution in [3.63, 3.8) is 0 Å². The smallest absolute Gasteiger partial charge is 0.200 e. The largest absolute Gasteiger partial charge is 0.493 e. The third-order valence-electron chi connectivity index (χ3n) is 1.51. The lowest BCUT2D eigenvalue weighted by Crippen LogP contribution is -1.96. The Morgan fingerprint density at radius 3 is 2.58 bits per heavy atom. The van der Waals surface area contributed by atoms with Crippen LogP contribution >= 0.6 is 12.6 Å². The van der Waals surface area contributed by atoms with Gasteiger partial charge in [0.2, 0.25) is 5.82 Å². The van der Waals surface area contributed by atoms with Crippen molar-refractivity contribution in [2.24, 2.45) is 0 Å². The second kappa shape index (κ2) is 3.76. The summed E-state index contributed by atoms with van der Waals surface area (Å²) in [6.07, 6.45) is 0. The Labute approximate surface area is 74.8 Å². The maximum absolute atomic E-state index is 12.9. The number of methoxy groups -OCH3 is 1. The van der Waals surface area contributed by atoms with Gasteiger partial charge >= 0.3 is 0 Å². The normalized spacial score (nSPS) is 10.0. The highest BCUT2D eigenvalue weighted by atomic mass is 32.1. The third-order valence-corrected chi connectivity index (χ3v) is 1.85. The first-order valence-electron chi connectivity index (χ1n) is 3.32. The van der Waals surface area contributed by atoms with Gasteiger partial charge in [0.05, 0.1) is 7.11 Å². The standard InChI is InChI=1S/C8H8F2OS/c1-11-8-5(4-12)2-3-6(9)7(8)10/h2-3,12H,4H2,1H3. The van der Waals surface area contributed by atoms with Gasteiger partial charge in [0, 0.05) is 11.3 Å². The van der Waals surface area contributed by atoms with Crippen LogP contribution in [0.15, 0.2) is 12.1 Å². The number of rotatable bonds is 2. The SMILES string of the molecule is COc1c(CS)ccc(F)c1F. The Morgan fingerprint density at radius 2 is 2.08 bits per heavy atom. The monoisotopic (exact) mass is 190 g/mol. The third kappa shape index (κ3) is 1.53. The molecule has 0 unspecified atom stereocenters. The van der Waals surface area contributed by atoms with Crippen LogP contribution in [-0.4, -0.2) is 7.11 Å². The van der Waals surface area contributed by atoms with Crippen LogP contribution in [0.25, 0.3) is 0 Å². The molecule has 1 aromatic carbocycles. The number of halogens is 2. The fraction of sp³-hybridized carbons (Fsp3) is 0.250. The zero-order valence-corrected chi connectivity index (χ0v) is 7.37. The van der Waals surface area contributed by atoms with Crippen molar-refractivity contribution in [1.82, 2.24) is 0 Å². The summed E-state index contributed by atoms with van der Waals surface area (Å²) in [5, 5.41) is 0. The maximum Gasteiger partial charge on any atom is 0.200 e. The van der Waals surface area contributed by atoms with Gasteiger partial charge in [-0.15, -0.1) is 0 Å². The van der Waals surface area contributed by atoms with Crippen molar-refractivity contribution in [3.05, 3.63) is 29.3 Å². The quantitative estimate of drug-likeness (QED) is 0.704. The van der Waals surface area contributed by atoms with Crippen LogP contribution in [0.3, 0.4) is 0 Å². The Morgan fingerprint density at radius 1 is 1.42 bits per heavy atom. The molecule has 0 aliphatic rings. The van der Waals surface area contributed by atoms with Crippen molar-refractivity contribution >= 4 is 12.6 Å². The van der Waals surface area contributed by atoms with E-state index in [-0.39, 0.29) is 5.75 Å². The first kappa shape index (κ1) is 9.32. The van der Waals surface area contributed by atoms with E-state index in [4.69, 9.17) is 0 Å². The summed E-state index contributed by atoms with van der Waals surface area (Å²) in [5.74, 6) is -1.60. The predicted octanol–water partition coefficient (Wildman–Crippen LogP) is 2.40. The van der Waals surface area contributed by atoms with E-state index in [1.165, 1.54) is 13.2 Å². The number of thiol groups is 1. The Bertz CT molecular complexity index is 289. The van der Waals surface area contributed by atoms with Gasteiger partial charge in [-0.2, -0.15) is 17.0 Å². The summed E-state index contributed by atoms with van der Waals surface area (Å²) in [7, 11) is 1.30. The molecule has 1 nitrogen and oxygen atoms in total. The molecule has 0 N–H and O–H groups in total. The van der Waals surface area contributed by atoms with Gasteiger partial charge in [0.25, 0.3) is 0 Å². The molecule has 0 atom stereocenters. The molecule has 0 bridgehead atoms. The summed E-state index contributed by atoms with van der Waals surface area (Å²) in [6, 6.07) is 2.51. The molecule has 66 valence electrons. The topological polar surface area (TPSA) is 9.23 Å². The van der Waals surface area contributed by atoms with Crippen molar-refractivity contribution in [2.45, 2.75) is 5.75 Å². The molecule has 0 aliphatic carbocycles. The fourth-order valence-corrected chi connectivity index (χ4v) is 1.17. The van der Waals surface area contributed by atoms with Gasteiger partial charge in [-0.25, -0.2) is 4.39 Å². The van der Waals surface area contributed by atoms with Gasteiger partial charge in [-0.05, 0) is 6.07 Å². The summed E-state index contributed by atoms with van der Waals surface area (Å²) in [6.45, 7) is 0. The highest BCUT2D eigenvalue weighted by Crippen LogP contribution is 2.25. The van der Waals surface area contributed by atoms with Crippen LogP contribution in [0, 0.1) is 11.6 Å². The molecule has 0 saturated heterocycles. The van der Waals surface area contributed by atoms with Gasteiger partial charge in [0.1, 0.15) is 0 Å². The Balaban J connectivity index is 3.25. The lowest BCUT2D eigenvalue weighted by Gasteiger charge is -2.06. The minimum Gasteiger partial charge on any atom is -0.493 e. The Kier molecular flexibility index (Phi) is 2.92. The minimum atomic E-state index is -0.955. The molecule has 0 heterocycles. The number of benzene rings is 1. The van der Waals surface area contributed by atoms with Crippen LogP contribution in [0.2, 0.25) is 0 Å². The van der Waals surface area contributed by atoms with Crippen LogP contribution in [0.4, 0.5) is 8.78 Å². The molecule has 0 aromatic heterocycles. The minimum absolute atomic E-state index is 0.0648. The molecule has 12 heavy (non-hydrogen) atoms. The zero-order chi connectivity index (χ0) is 9.14. The first-order chi connectivity index (χ1) is 5.70. The van der Waals surface area contributed by atoms with Crippen LogP contribution in [0.5, 0.6) is 5.75 Å². The molecule has 1 rings (SSSR count). The number of ether oxygens (including phenoxy) is 1. The molecule has 0 saturated carbocycles. The lowest BCUT2D eigenvalue weighted by atomic mass is 10.2. The number of hydrogen-bond donors (Lipinski definition) is 1. The van der Waals surface area contributed by atoms with Gasteiger partial charge < -0.3 is 4.74 Å². The van der Waals surface area contributed by atoms with Gasteiger partial charge in [-0.3, -0.25) is 0 Å². The second-order valence-electron chi connectivity index (χ2n) is 2.21. The summed E-state index contributed by atoms with van der Waals surface area (Å²) in [5.41, 5.74) is 0.541. The second-order valence-corrected chi connectivity index (χ2v) is 2.53. The molecule has 0 spiro atoms.